The van der Waals surface area contributed by atoms with E-state index in [-0.39, 0.29) is 18.9 Å². The Balaban J connectivity index is 0.000000307. The molecule has 2 fully saturated rings. The molecule has 0 unspecified atom stereocenters. The van der Waals surface area contributed by atoms with E-state index in [4.69, 9.17) is 15.2 Å². The third-order valence-electron chi connectivity index (χ3n) is 2.71. The van der Waals surface area contributed by atoms with Crippen molar-refractivity contribution in [3.8, 4) is 0 Å². The number of benzene rings is 1. The van der Waals surface area contributed by atoms with Crippen molar-refractivity contribution in [3.05, 3.63) is 36.1 Å². The van der Waals surface area contributed by atoms with Crippen LogP contribution < -0.4 is 29.9 Å². The summed E-state index contributed by atoms with van der Waals surface area (Å²) in [6.07, 6.45) is 5.11. The summed E-state index contributed by atoms with van der Waals surface area (Å²) in [5.74, 6) is 0.686. The van der Waals surface area contributed by atoms with Crippen molar-refractivity contribution in [3.63, 3.8) is 0 Å². The monoisotopic (exact) mass is 301 g/mol. The van der Waals surface area contributed by atoms with Crippen molar-refractivity contribution < 1.29 is 28.3 Å². The van der Waals surface area contributed by atoms with Crippen LogP contribution in [0, 0.1) is 5.78 Å². The Morgan fingerprint density at radius 1 is 0.905 bits per heavy atom. The first-order chi connectivity index (χ1) is 9.79. The van der Waals surface area contributed by atoms with E-state index >= 15 is 0 Å². The summed E-state index contributed by atoms with van der Waals surface area (Å²) in [6.45, 7) is 5.81. The summed E-state index contributed by atoms with van der Waals surface area (Å²) in [5, 5.41) is 1.19. The van der Waals surface area contributed by atoms with E-state index in [0.29, 0.717) is 5.78 Å². The average molecular weight is 301 g/mol. The van der Waals surface area contributed by atoms with Crippen LogP contribution >= 0.6 is 8.58 Å². The van der Waals surface area contributed by atoms with Crippen molar-refractivity contribution >= 4 is 13.9 Å². The zero-order chi connectivity index (χ0) is 14.5. The molecule has 3 radical (unpaired) electrons. The first-order valence-corrected chi connectivity index (χ1v) is 8.16. The molecule has 0 aliphatic carbocycles. The van der Waals surface area contributed by atoms with E-state index in [2.05, 4.69) is 0 Å². The molecule has 1 N–H and O–H groups in total. The molecule has 0 atom stereocenters. The topological polar surface area (TPSA) is 42.3 Å². The van der Waals surface area contributed by atoms with E-state index in [1.807, 2.05) is 37.3 Å². The summed E-state index contributed by atoms with van der Waals surface area (Å²) < 4.78 is 9.89. The second kappa shape index (κ2) is 15.0. The SMILES string of the molecule is C1CCOC1.C1CCOC1.C[C]([NH])[P]c1ccccc1.[Li+]. The number of hydrogen-bond donors (Lipinski definition) is 0. The Labute approximate surface area is 143 Å². The van der Waals surface area contributed by atoms with Gasteiger partial charge in [0.1, 0.15) is 0 Å². The maximum atomic E-state index is 7.22. The molecule has 2 aliphatic rings. The molecule has 2 heterocycles. The first-order valence-electron chi connectivity index (χ1n) is 7.26. The minimum absolute atomic E-state index is 0. The predicted octanol–water partition coefficient (Wildman–Crippen LogP) is 0.648. The van der Waals surface area contributed by atoms with Crippen molar-refractivity contribution in [2.45, 2.75) is 32.6 Å². The molecule has 3 nitrogen and oxygen atoms in total. The predicted molar refractivity (Wildman–Crippen MR) is 85.1 cm³/mol. The zero-order valence-corrected chi connectivity index (χ0v) is 14.2. The molecule has 2 aliphatic heterocycles. The Hall–Kier alpha value is 0.127. The molecule has 21 heavy (non-hydrogen) atoms. The third-order valence-corrected chi connectivity index (χ3v) is 3.60. The molecule has 3 rings (SSSR count). The van der Waals surface area contributed by atoms with Crippen LogP contribution in [-0.4, -0.2) is 26.4 Å². The van der Waals surface area contributed by atoms with Gasteiger partial charge in [0.15, 0.2) is 0 Å². The van der Waals surface area contributed by atoms with Gasteiger partial charge in [0.2, 0.25) is 0 Å². The molecule has 1 aromatic rings. The second-order valence-electron chi connectivity index (χ2n) is 4.67. The minimum Gasteiger partial charge on any atom is -0.381 e. The van der Waals surface area contributed by atoms with Gasteiger partial charge >= 0.3 is 18.9 Å². The Morgan fingerprint density at radius 2 is 1.33 bits per heavy atom. The van der Waals surface area contributed by atoms with Gasteiger partial charge in [0.25, 0.3) is 0 Å². The van der Waals surface area contributed by atoms with Gasteiger partial charge in [-0.1, -0.05) is 30.3 Å². The molecule has 0 bridgehead atoms. The fourth-order valence-electron chi connectivity index (χ4n) is 1.72. The number of rotatable bonds is 2. The van der Waals surface area contributed by atoms with Gasteiger partial charge in [-0.15, -0.1) is 0 Å². The van der Waals surface area contributed by atoms with Crippen LogP contribution in [0.4, 0.5) is 0 Å². The molecule has 0 amide bonds. The fraction of sp³-hybridized carbons (Fsp3) is 0.562. The first kappa shape index (κ1) is 21.1. The van der Waals surface area contributed by atoms with Gasteiger partial charge in [-0.2, -0.15) is 0 Å². The van der Waals surface area contributed by atoms with Crippen LogP contribution in [0.1, 0.15) is 32.6 Å². The quantitative estimate of drug-likeness (QED) is 0.594. The number of hydrogen-bond acceptors (Lipinski definition) is 2. The molecule has 0 aromatic heterocycles. The zero-order valence-electron chi connectivity index (χ0n) is 13.3. The molecule has 0 spiro atoms. The van der Waals surface area contributed by atoms with Crippen molar-refractivity contribution in [2.24, 2.45) is 0 Å². The van der Waals surface area contributed by atoms with E-state index in [9.17, 15) is 0 Å². The van der Waals surface area contributed by atoms with Crippen LogP contribution in [-0.2, 0) is 9.47 Å². The van der Waals surface area contributed by atoms with Crippen molar-refractivity contribution in [1.29, 1.82) is 0 Å². The average Bonchev–Trinajstić information content (AvgIpc) is 3.18. The summed E-state index contributed by atoms with van der Waals surface area (Å²) in [7, 11) is 1.01. The van der Waals surface area contributed by atoms with Crippen LogP contribution in [0.5, 0.6) is 0 Å². The summed E-state index contributed by atoms with van der Waals surface area (Å²) in [4.78, 5) is 0. The standard InChI is InChI=1S/C8H9NP.2C4H8O.Li/c1-7(9)10-8-5-3-2-4-6-8;2*1-2-4-5-3-1;/h2-6,9H,1H3;2*1-4H2;/q;;;+1. The maximum absolute atomic E-state index is 7.22. The summed E-state index contributed by atoms with van der Waals surface area (Å²) in [5.41, 5.74) is 7.22. The van der Waals surface area contributed by atoms with E-state index in [1.54, 1.807) is 0 Å². The van der Waals surface area contributed by atoms with E-state index in [0.717, 1.165) is 35.0 Å². The van der Waals surface area contributed by atoms with E-state index in [1.165, 1.54) is 31.0 Å². The maximum Gasteiger partial charge on any atom is 1.00 e. The molecular formula is C16H25LiNO2P+. The smallest absolute Gasteiger partial charge is 0.381 e. The normalized spacial score (nSPS) is 16.9. The van der Waals surface area contributed by atoms with Crippen LogP contribution in [0.3, 0.4) is 0 Å². The van der Waals surface area contributed by atoms with Crippen LogP contribution in [0.15, 0.2) is 30.3 Å². The Bertz CT molecular complexity index is 292. The Kier molecular flexibility index (Phi) is 15.1. The molecule has 111 valence electrons. The van der Waals surface area contributed by atoms with Gasteiger partial charge in [-0.25, -0.2) is 5.73 Å². The minimum atomic E-state index is 0. The second-order valence-corrected chi connectivity index (χ2v) is 6.08. The van der Waals surface area contributed by atoms with Crippen LogP contribution in [0.2, 0.25) is 0 Å². The van der Waals surface area contributed by atoms with Crippen LogP contribution in [0.25, 0.3) is 0 Å². The summed E-state index contributed by atoms with van der Waals surface area (Å²) in [6, 6.07) is 10.0. The molecule has 0 saturated carbocycles. The van der Waals surface area contributed by atoms with Gasteiger partial charge in [0, 0.05) is 26.4 Å². The largest absolute Gasteiger partial charge is 1.00 e. The van der Waals surface area contributed by atoms with Gasteiger partial charge in [-0.3, -0.25) is 0 Å². The molecular weight excluding hydrogens is 276 g/mol. The van der Waals surface area contributed by atoms with Crippen molar-refractivity contribution in [1.82, 2.24) is 5.73 Å². The van der Waals surface area contributed by atoms with Gasteiger partial charge < -0.3 is 9.47 Å². The van der Waals surface area contributed by atoms with Crippen molar-refractivity contribution in [2.75, 3.05) is 26.4 Å². The number of nitrogens with one attached hydrogen (secondary N) is 1. The Morgan fingerprint density at radius 3 is 1.62 bits per heavy atom. The van der Waals surface area contributed by atoms with Gasteiger partial charge in [0.05, 0.1) is 5.78 Å². The summed E-state index contributed by atoms with van der Waals surface area (Å²) >= 11 is 0. The molecule has 5 heteroatoms. The van der Waals surface area contributed by atoms with E-state index < -0.39 is 0 Å². The third kappa shape index (κ3) is 13.5. The molecule has 2 saturated heterocycles. The van der Waals surface area contributed by atoms with Gasteiger partial charge in [-0.05, 0) is 46.5 Å². The fourth-order valence-corrected chi connectivity index (χ4v) is 2.43. The molecule has 1 aromatic carbocycles. The number of ether oxygens (including phenoxy) is 2.